The zero-order chi connectivity index (χ0) is 16.4. The fraction of sp³-hybridized carbons (Fsp3) is 0.316. The van der Waals surface area contributed by atoms with Gasteiger partial charge in [-0.3, -0.25) is 4.90 Å². The molecule has 0 radical (unpaired) electrons. The Bertz CT molecular complexity index is 817. The highest BCUT2D eigenvalue weighted by molar-refractivity contribution is 5.91. The summed E-state index contributed by atoms with van der Waals surface area (Å²) in [6.45, 7) is 2.84. The number of rotatable bonds is 4. The molecule has 0 saturated carbocycles. The van der Waals surface area contributed by atoms with Crippen molar-refractivity contribution in [3.05, 3.63) is 54.6 Å². The molecule has 2 aromatic heterocycles. The highest BCUT2D eigenvalue weighted by Crippen LogP contribution is 2.26. The van der Waals surface area contributed by atoms with Crippen LogP contribution < -0.4 is 10.5 Å². The van der Waals surface area contributed by atoms with Gasteiger partial charge >= 0.3 is 0 Å². The molecule has 24 heavy (non-hydrogen) atoms. The van der Waals surface area contributed by atoms with Gasteiger partial charge in [-0.25, -0.2) is 4.98 Å². The van der Waals surface area contributed by atoms with Gasteiger partial charge in [0.1, 0.15) is 23.4 Å². The molecule has 0 bridgehead atoms. The number of benzene rings is 1. The number of nitrogen functional groups attached to an aromatic ring is 1. The Morgan fingerprint density at radius 1 is 1.29 bits per heavy atom. The average molecular weight is 323 g/mol. The first-order valence-electron chi connectivity index (χ1n) is 8.33. The highest BCUT2D eigenvalue weighted by atomic mass is 16.5. The fourth-order valence-corrected chi connectivity index (χ4v) is 3.32. The molecule has 1 aliphatic rings. The number of aromatic nitrogens is 1. The van der Waals surface area contributed by atoms with E-state index in [0.29, 0.717) is 5.82 Å². The fourth-order valence-electron chi connectivity index (χ4n) is 3.32. The molecule has 4 rings (SSSR count). The van der Waals surface area contributed by atoms with Crippen molar-refractivity contribution >= 4 is 16.6 Å². The molecule has 3 heterocycles. The van der Waals surface area contributed by atoms with Crippen molar-refractivity contribution in [3.63, 3.8) is 0 Å². The predicted octanol–water partition coefficient (Wildman–Crippen LogP) is 3.45. The summed E-state index contributed by atoms with van der Waals surface area (Å²) in [7, 11) is 0. The van der Waals surface area contributed by atoms with Crippen LogP contribution in [0.25, 0.3) is 10.8 Å². The molecule has 1 saturated heterocycles. The molecule has 0 spiro atoms. The van der Waals surface area contributed by atoms with Gasteiger partial charge in [0.2, 0.25) is 0 Å². The number of fused-ring (bicyclic) bond motifs is 1. The third kappa shape index (κ3) is 3.21. The zero-order valence-corrected chi connectivity index (χ0v) is 13.5. The molecule has 1 aliphatic heterocycles. The summed E-state index contributed by atoms with van der Waals surface area (Å²) in [4.78, 5) is 6.50. The number of ether oxygens (including phenoxy) is 1. The van der Waals surface area contributed by atoms with Crippen molar-refractivity contribution in [1.82, 2.24) is 9.88 Å². The normalized spacial score (nSPS) is 18.8. The molecule has 0 aliphatic carbocycles. The minimum atomic E-state index is 0.199. The molecule has 5 heteroatoms. The van der Waals surface area contributed by atoms with Crippen LogP contribution in [0.15, 0.2) is 53.3 Å². The molecule has 5 nitrogen and oxygen atoms in total. The molecular weight excluding hydrogens is 302 g/mol. The Balaban J connectivity index is 1.44. The Kier molecular flexibility index (Phi) is 4.09. The number of nitrogens with zero attached hydrogens (tertiary/aromatic N) is 2. The maximum absolute atomic E-state index is 6.22. The molecule has 1 fully saturated rings. The topological polar surface area (TPSA) is 64.5 Å². The Labute approximate surface area is 141 Å². The largest absolute Gasteiger partial charge is 0.489 e. The summed E-state index contributed by atoms with van der Waals surface area (Å²) in [5.41, 5.74) is 5.91. The molecule has 2 N–H and O–H groups in total. The lowest BCUT2D eigenvalue weighted by Gasteiger charge is -2.32. The van der Waals surface area contributed by atoms with Crippen LogP contribution in [0.1, 0.15) is 18.6 Å². The summed E-state index contributed by atoms with van der Waals surface area (Å²) >= 11 is 0. The van der Waals surface area contributed by atoms with Gasteiger partial charge in [-0.1, -0.05) is 0 Å². The van der Waals surface area contributed by atoms with Crippen LogP contribution in [0, 0.1) is 0 Å². The molecule has 1 atom stereocenters. The van der Waals surface area contributed by atoms with Crippen LogP contribution in [-0.2, 0) is 6.54 Å². The van der Waals surface area contributed by atoms with Crippen molar-refractivity contribution in [2.75, 3.05) is 18.8 Å². The van der Waals surface area contributed by atoms with E-state index >= 15 is 0 Å². The Morgan fingerprint density at radius 3 is 3.12 bits per heavy atom. The molecule has 1 unspecified atom stereocenters. The smallest absolute Gasteiger partial charge is 0.131 e. The summed E-state index contributed by atoms with van der Waals surface area (Å²) in [5, 5.41) is 2.02. The number of furan rings is 1. The highest BCUT2D eigenvalue weighted by Gasteiger charge is 2.22. The lowest BCUT2D eigenvalue weighted by atomic mass is 10.1. The Hall–Kier alpha value is -2.53. The van der Waals surface area contributed by atoms with Gasteiger partial charge in [0.05, 0.1) is 12.8 Å². The van der Waals surface area contributed by atoms with E-state index in [1.54, 1.807) is 12.5 Å². The second-order valence-corrected chi connectivity index (χ2v) is 6.28. The molecule has 3 aromatic rings. The standard InChI is InChI=1S/C19H21N3O2/c20-19-18-6-5-15(11-14(18)7-8-21-19)24-17-3-1-9-22(13-17)12-16-4-2-10-23-16/h2,4-8,10-11,17H,1,3,9,12-13H2,(H2,20,21). The SMILES string of the molecule is Nc1nccc2cc(OC3CCCN(Cc4ccco4)C3)ccc12. The third-order valence-electron chi connectivity index (χ3n) is 4.49. The van der Waals surface area contributed by atoms with E-state index in [-0.39, 0.29) is 6.10 Å². The van der Waals surface area contributed by atoms with E-state index in [4.69, 9.17) is 14.9 Å². The lowest BCUT2D eigenvalue weighted by Crippen LogP contribution is -2.40. The van der Waals surface area contributed by atoms with Crippen LogP contribution in [0.5, 0.6) is 5.75 Å². The number of nitrogens with two attached hydrogens (primary N) is 1. The van der Waals surface area contributed by atoms with Crippen molar-refractivity contribution < 1.29 is 9.15 Å². The van der Waals surface area contributed by atoms with Crippen LogP contribution in [0.2, 0.25) is 0 Å². The maximum Gasteiger partial charge on any atom is 0.131 e. The van der Waals surface area contributed by atoms with Crippen LogP contribution in [0.3, 0.4) is 0 Å². The van der Waals surface area contributed by atoms with Gasteiger partial charge in [-0.15, -0.1) is 0 Å². The van der Waals surface area contributed by atoms with Crippen molar-refractivity contribution in [2.24, 2.45) is 0 Å². The van der Waals surface area contributed by atoms with E-state index in [1.807, 2.05) is 36.4 Å². The van der Waals surface area contributed by atoms with Crippen LogP contribution in [0.4, 0.5) is 5.82 Å². The minimum Gasteiger partial charge on any atom is -0.489 e. The number of anilines is 1. The van der Waals surface area contributed by atoms with Crippen LogP contribution in [-0.4, -0.2) is 29.1 Å². The Morgan fingerprint density at radius 2 is 2.25 bits per heavy atom. The number of likely N-dealkylation sites (tertiary alicyclic amines) is 1. The van der Waals surface area contributed by atoms with Gasteiger partial charge in [0.15, 0.2) is 0 Å². The molecule has 124 valence electrons. The maximum atomic E-state index is 6.22. The summed E-state index contributed by atoms with van der Waals surface area (Å²) < 4.78 is 11.7. The van der Waals surface area contributed by atoms with Gasteiger partial charge < -0.3 is 14.9 Å². The summed E-state index contributed by atoms with van der Waals surface area (Å²) in [5.74, 6) is 2.45. The van der Waals surface area contributed by atoms with Crippen molar-refractivity contribution in [1.29, 1.82) is 0 Å². The second-order valence-electron chi connectivity index (χ2n) is 6.28. The van der Waals surface area contributed by atoms with E-state index in [0.717, 1.165) is 54.8 Å². The van der Waals surface area contributed by atoms with E-state index in [1.165, 1.54) is 0 Å². The number of hydrogen-bond donors (Lipinski definition) is 1. The monoisotopic (exact) mass is 323 g/mol. The van der Waals surface area contributed by atoms with E-state index in [9.17, 15) is 0 Å². The summed E-state index contributed by atoms with van der Waals surface area (Å²) in [6.07, 6.45) is 5.86. The minimum absolute atomic E-state index is 0.199. The van der Waals surface area contributed by atoms with Crippen molar-refractivity contribution in [2.45, 2.75) is 25.5 Å². The predicted molar refractivity (Wildman–Crippen MR) is 93.8 cm³/mol. The number of pyridine rings is 1. The van der Waals surface area contributed by atoms with Gasteiger partial charge in [-0.05, 0) is 61.2 Å². The summed E-state index contributed by atoms with van der Waals surface area (Å²) in [6, 6.07) is 11.9. The number of hydrogen-bond acceptors (Lipinski definition) is 5. The first-order valence-corrected chi connectivity index (χ1v) is 8.33. The van der Waals surface area contributed by atoms with E-state index < -0.39 is 0 Å². The lowest BCUT2D eigenvalue weighted by molar-refractivity contribution is 0.0803. The molecule has 0 amide bonds. The van der Waals surface area contributed by atoms with Gasteiger partial charge in [0, 0.05) is 18.1 Å². The van der Waals surface area contributed by atoms with Gasteiger partial charge in [-0.2, -0.15) is 0 Å². The first kappa shape index (κ1) is 15.0. The van der Waals surface area contributed by atoms with Gasteiger partial charge in [0.25, 0.3) is 0 Å². The van der Waals surface area contributed by atoms with E-state index in [2.05, 4.69) is 9.88 Å². The molecule has 1 aromatic carbocycles. The molecular formula is C19H21N3O2. The second kappa shape index (κ2) is 6.53. The zero-order valence-electron chi connectivity index (χ0n) is 13.5. The third-order valence-corrected chi connectivity index (χ3v) is 4.49. The van der Waals surface area contributed by atoms with Crippen LogP contribution >= 0.6 is 0 Å². The van der Waals surface area contributed by atoms with Crippen molar-refractivity contribution in [3.8, 4) is 5.75 Å². The first-order chi connectivity index (χ1) is 11.8. The average Bonchev–Trinajstić information content (AvgIpc) is 3.08. The number of piperidine rings is 1. The quantitative estimate of drug-likeness (QED) is 0.796.